The Morgan fingerprint density at radius 1 is 0.468 bits per heavy atom. The zero-order chi connectivity index (χ0) is 43.1. The van der Waals surface area contributed by atoms with Gasteiger partial charge in [-0.3, -0.25) is 19.8 Å². The molecule has 0 N–H and O–H groups in total. The van der Waals surface area contributed by atoms with Crippen molar-refractivity contribution in [3.05, 3.63) is 83.4 Å². The Balaban J connectivity index is 1.06. The molecule has 1 aromatic carbocycles. The first-order valence-corrected chi connectivity index (χ1v) is 29.5. The van der Waals surface area contributed by atoms with Crippen LogP contribution in [0.15, 0.2) is 70.7 Å². The first-order chi connectivity index (χ1) is 30.7. The van der Waals surface area contributed by atoms with Crippen LogP contribution >= 0.6 is 70.6 Å². The summed E-state index contributed by atoms with van der Waals surface area (Å²) in [5.74, 6) is 11.7. The van der Waals surface area contributed by atoms with Crippen LogP contribution in [0.5, 0.6) is 0 Å². The van der Waals surface area contributed by atoms with Gasteiger partial charge in [0.15, 0.2) is 0 Å². The summed E-state index contributed by atoms with van der Waals surface area (Å²) in [6, 6.07) is 21.1. The average molecular weight is 952 g/mol. The molecule has 8 nitrogen and oxygen atoms in total. The summed E-state index contributed by atoms with van der Waals surface area (Å²) in [5, 5.41) is 19.9. The van der Waals surface area contributed by atoms with Crippen LogP contribution in [-0.2, 0) is 13.1 Å². The minimum atomic E-state index is 0.496. The van der Waals surface area contributed by atoms with Gasteiger partial charge in [0.05, 0.1) is 22.5 Å². The molecule has 2 aromatic heterocycles. The molecule has 2 aliphatic heterocycles. The fourth-order valence-electron chi connectivity index (χ4n) is 7.72. The van der Waals surface area contributed by atoms with Crippen molar-refractivity contribution < 1.29 is 0 Å². The number of thioether (sulfide) groups is 6. The van der Waals surface area contributed by atoms with Crippen molar-refractivity contribution in [3.8, 4) is 12.1 Å². The average Bonchev–Trinajstić information content (AvgIpc) is 3.29. The molecule has 5 rings (SSSR count). The molecule has 0 spiro atoms. The SMILES string of the molecule is N#Cc1cc(SCCN2CCCSCCCN(Cc3ccccn3)CCCSCCC2)c(SCCN2CCCSCCCN(Cc3ccccn3)CCCSCCC2)cc1C#N. The van der Waals surface area contributed by atoms with E-state index in [9.17, 15) is 10.5 Å². The molecule has 14 heteroatoms. The smallest absolute Gasteiger partial charge is 0.101 e. The predicted molar refractivity (Wildman–Crippen MR) is 275 cm³/mol. The van der Waals surface area contributed by atoms with Crippen LogP contribution < -0.4 is 0 Å². The van der Waals surface area contributed by atoms with Crippen LogP contribution in [0.3, 0.4) is 0 Å². The lowest BCUT2D eigenvalue weighted by atomic mass is 10.1. The number of rotatable bonds is 12. The van der Waals surface area contributed by atoms with Crippen LogP contribution in [0, 0.1) is 22.7 Å². The standard InChI is InChI=1S/C48H70N8S6/c49-39-43-37-47(61-35-25-53-17-5-27-57-31-9-21-55(22-10-32-58-28-6-18-53)41-45-13-1-3-15-51-45)48(38-44(43)40-50)62-36-26-54-19-7-29-59-33-11-23-56(24-12-34-60-30-8-20-54)42-46-14-2-4-16-52-46/h1-4,13-16,37-38H,5-12,17-36,41-42H2. The van der Waals surface area contributed by atoms with Crippen molar-refractivity contribution >= 4 is 70.6 Å². The summed E-state index contributed by atoms with van der Waals surface area (Å²) in [7, 11) is 0. The Morgan fingerprint density at radius 2 is 0.790 bits per heavy atom. The number of pyridine rings is 2. The Labute approximate surface area is 400 Å². The third-order valence-corrected chi connectivity index (χ3v) is 17.8. The van der Waals surface area contributed by atoms with Gasteiger partial charge in [0, 0.05) is 59.9 Å². The highest BCUT2D eigenvalue weighted by atomic mass is 32.2. The number of hydrogen-bond donors (Lipinski definition) is 0. The molecule has 2 aliphatic rings. The minimum Gasteiger partial charge on any atom is -0.302 e. The molecule has 4 heterocycles. The van der Waals surface area contributed by atoms with E-state index in [-0.39, 0.29) is 0 Å². The second-order valence-electron chi connectivity index (χ2n) is 15.9. The molecule has 0 unspecified atom stereocenters. The highest BCUT2D eigenvalue weighted by Gasteiger charge is 2.15. The summed E-state index contributed by atoms with van der Waals surface area (Å²) in [4.78, 5) is 22.0. The Hall–Kier alpha value is -1.56. The topological polar surface area (TPSA) is 86.3 Å². The maximum Gasteiger partial charge on any atom is 0.101 e. The number of nitrogens with zero attached hydrogens (tertiary/aromatic N) is 8. The highest BCUT2D eigenvalue weighted by molar-refractivity contribution is 8.02. The van der Waals surface area contributed by atoms with E-state index in [1.54, 1.807) is 0 Å². The van der Waals surface area contributed by atoms with E-state index in [1.165, 1.54) is 109 Å². The van der Waals surface area contributed by atoms with Gasteiger partial charge in [-0.05, 0) is 186 Å². The third kappa shape index (κ3) is 21.6. The van der Waals surface area contributed by atoms with Gasteiger partial charge >= 0.3 is 0 Å². The van der Waals surface area contributed by atoms with E-state index in [4.69, 9.17) is 0 Å². The van der Waals surface area contributed by atoms with Gasteiger partial charge < -0.3 is 9.80 Å². The molecule has 2 saturated heterocycles. The predicted octanol–water partition coefficient (Wildman–Crippen LogP) is 10.1. The summed E-state index contributed by atoms with van der Waals surface area (Å²) >= 11 is 12.2. The monoisotopic (exact) mass is 950 g/mol. The van der Waals surface area contributed by atoms with E-state index < -0.39 is 0 Å². The number of aromatic nitrogens is 2. The Kier molecular flexibility index (Phi) is 27.4. The zero-order valence-electron chi connectivity index (χ0n) is 37.0. The Bertz CT molecular complexity index is 1550. The zero-order valence-corrected chi connectivity index (χ0v) is 41.9. The molecule has 2 fully saturated rings. The van der Waals surface area contributed by atoms with Crippen LogP contribution in [0.1, 0.15) is 73.9 Å². The summed E-state index contributed by atoms with van der Waals surface area (Å²) in [6.45, 7) is 13.1. The lowest BCUT2D eigenvalue weighted by Crippen LogP contribution is -2.29. The van der Waals surface area contributed by atoms with Crippen LogP contribution in [0.4, 0.5) is 0 Å². The Morgan fingerprint density at radius 3 is 1.08 bits per heavy atom. The van der Waals surface area contributed by atoms with E-state index in [1.807, 2.05) is 60.2 Å². The van der Waals surface area contributed by atoms with E-state index in [2.05, 4.69) is 113 Å². The molecule has 0 atom stereocenters. The quantitative estimate of drug-likeness (QED) is 0.162. The molecular formula is C48H70N8S6. The second kappa shape index (κ2) is 33.0. The van der Waals surface area contributed by atoms with Crippen LogP contribution in [0.2, 0.25) is 0 Å². The molecule has 0 amide bonds. The molecule has 62 heavy (non-hydrogen) atoms. The lowest BCUT2D eigenvalue weighted by molar-refractivity contribution is 0.265. The molecule has 0 aliphatic carbocycles. The highest BCUT2D eigenvalue weighted by Crippen LogP contribution is 2.34. The van der Waals surface area contributed by atoms with Gasteiger partial charge in [0.2, 0.25) is 0 Å². The molecule has 3 aromatic rings. The van der Waals surface area contributed by atoms with Crippen molar-refractivity contribution in [1.29, 1.82) is 10.5 Å². The first kappa shape index (κ1) is 51.4. The van der Waals surface area contributed by atoms with Crippen molar-refractivity contribution in [2.75, 3.05) is 123 Å². The molecular weight excluding hydrogens is 881 g/mol. The third-order valence-electron chi connectivity index (χ3n) is 11.0. The number of nitriles is 2. The maximum absolute atomic E-state index is 9.94. The lowest BCUT2D eigenvalue weighted by Gasteiger charge is -2.24. The molecule has 0 radical (unpaired) electrons. The first-order valence-electron chi connectivity index (χ1n) is 22.9. The maximum atomic E-state index is 9.94. The number of hydrogen-bond acceptors (Lipinski definition) is 14. The second-order valence-corrected chi connectivity index (χ2v) is 23.1. The van der Waals surface area contributed by atoms with Crippen LogP contribution in [0.25, 0.3) is 0 Å². The van der Waals surface area contributed by atoms with Gasteiger partial charge in [-0.1, -0.05) is 12.1 Å². The van der Waals surface area contributed by atoms with Gasteiger partial charge in [-0.2, -0.15) is 57.6 Å². The van der Waals surface area contributed by atoms with Gasteiger partial charge in [0.25, 0.3) is 0 Å². The van der Waals surface area contributed by atoms with Crippen molar-refractivity contribution in [2.24, 2.45) is 0 Å². The molecule has 0 saturated carbocycles. The van der Waals surface area contributed by atoms with E-state index in [0.717, 1.165) is 99.8 Å². The van der Waals surface area contributed by atoms with E-state index in [0.29, 0.717) is 11.1 Å². The fraction of sp³-hybridized carbons (Fsp3) is 0.625. The van der Waals surface area contributed by atoms with Crippen molar-refractivity contribution in [1.82, 2.24) is 29.6 Å². The summed E-state index contributed by atoms with van der Waals surface area (Å²) in [6.07, 6.45) is 13.6. The summed E-state index contributed by atoms with van der Waals surface area (Å²) < 4.78 is 0. The summed E-state index contributed by atoms with van der Waals surface area (Å²) in [5.41, 5.74) is 3.35. The van der Waals surface area contributed by atoms with Crippen molar-refractivity contribution in [2.45, 2.75) is 74.2 Å². The normalized spacial score (nSPS) is 19.3. The fourth-order valence-corrected chi connectivity index (χ4v) is 13.5. The van der Waals surface area contributed by atoms with Gasteiger partial charge in [-0.15, -0.1) is 23.5 Å². The van der Waals surface area contributed by atoms with Crippen LogP contribution in [-0.4, -0.2) is 153 Å². The minimum absolute atomic E-state index is 0.496. The molecule has 338 valence electrons. The van der Waals surface area contributed by atoms with Gasteiger partial charge in [-0.25, -0.2) is 0 Å². The van der Waals surface area contributed by atoms with Gasteiger partial charge in [0.1, 0.15) is 12.1 Å². The largest absolute Gasteiger partial charge is 0.302 e. The molecule has 0 bridgehead atoms. The van der Waals surface area contributed by atoms with Crippen molar-refractivity contribution in [3.63, 3.8) is 0 Å². The number of benzene rings is 1. The van der Waals surface area contributed by atoms with E-state index >= 15 is 0 Å².